The van der Waals surface area contributed by atoms with E-state index in [-0.39, 0.29) is 0 Å². The molecular weight excluding hydrogens is 144 g/mol. The Morgan fingerprint density at radius 1 is 1.33 bits per heavy atom. The van der Waals surface area contributed by atoms with Crippen LogP contribution in [0.15, 0.2) is 12.2 Å². The van der Waals surface area contributed by atoms with Gasteiger partial charge in [0.25, 0.3) is 0 Å². The highest BCUT2D eigenvalue weighted by molar-refractivity contribution is 5.00. The minimum atomic E-state index is 0.556. The van der Waals surface area contributed by atoms with Crippen molar-refractivity contribution in [2.45, 2.75) is 52.9 Å². The lowest BCUT2D eigenvalue weighted by Gasteiger charge is -2.36. The van der Waals surface area contributed by atoms with Crippen LogP contribution in [0.4, 0.5) is 0 Å². The summed E-state index contributed by atoms with van der Waals surface area (Å²) in [5.41, 5.74) is 2.03. The molecule has 0 heterocycles. The maximum atomic E-state index is 4.06. The molecule has 70 valence electrons. The van der Waals surface area contributed by atoms with E-state index < -0.39 is 0 Å². The van der Waals surface area contributed by atoms with E-state index in [1.807, 2.05) is 0 Å². The van der Waals surface area contributed by atoms with Crippen LogP contribution in [-0.2, 0) is 0 Å². The van der Waals surface area contributed by atoms with E-state index in [9.17, 15) is 0 Å². The van der Waals surface area contributed by atoms with Crippen LogP contribution < -0.4 is 0 Å². The lowest BCUT2D eigenvalue weighted by Crippen LogP contribution is -2.25. The van der Waals surface area contributed by atoms with Gasteiger partial charge < -0.3 is 0 Å². The van der Waals surface area contributed by atoms with Crippen LogP contribution in [0.3, 0.4) is 0 Å². The third kappa shape index (κ3) is 2.12. The predicted octanol–water partition coefficient (Wildman–Crippen LogP) is 4.17. The van der Waals surface area contributed by atoms with Gasteiger partial charge in [0.1, 0.15) is 0 Å². The standard InChI is InChI=1S/C12H22/c1-5-12(3,4)11-8-6-10(2)7-9-11/h11H,2,5-9H2,1,3-4H3. The van der Waals surface area contributed by atoms with Crippen molar-refractivity contribution in [1.29, 1.82) is 0 Å². The topological polar surface area (TPSA) is 0 Å². The quantitative estimate of drug-likeness (QED) is 0.540. The van der Waals surface area contributed by atoms with Crippen molar-refractivity contribution in [1.82, 2.24) is 0 Å². The molecule has 0 spiro atoms. The molecule has 0 atom stereocenters. The molecule has 0 aliphatic heterocycles. The third-order valence-electron chi connectivity index (χ3n) is 3.71. The molecule has 0 radical (unpaired) electrons. The van der Waals surface area contributed by atoms with Gasteiger partial charge in [-0.3, -0.25) is 0 Å². The second kappa shape index (κ2) is 3.64. The molecule has 0 aromatic heterocycles. The van der Waals surface area contributed by atoms with E-state index in [0.717, 1.165) is 5.92 Å². The van der Waals surface area contributed by atoms with Crippen LogP contribution in [0.5, 0.6) is 0 Å². The number of allylic oxidation sites excluding steroid dienone is 1. The fourth-order valence-corrected chi connectivity index (χ4v) is 2.10. The summed E-state index contributed by atoms with van der Waals surface area (Å²) in [5.74, 6) is 0.938. The molecule has 1 fully saturated rings. The zero-order chi connectivity index (χ0) is 9.19. The SMILES string of the molecule is C=C1CCC(C(C)(C)CC)CC1. The van der Waals surface area contributed by atoms with Gasteiger partial charge >= 0.3 is 0 Å². The smallest absolute Gasteiger partial charge is 0.0320 e. The Hall–Kier alpha value is -0.260. The molecule has 0 N–H and O–H groups in total. The molecule has 0 saturated heterocycles. The first-order valence-corrected chi connectivity index (χ1v) is 5.23. The fraction of sp³-hybridized carbons (Fsp3) is 0.833. The summed E-state index contributed by atoms with van der Waals surface area (Å²) in [6.07, 6.45) is 6.60. The van der Waals surface area contributed by atoms with Crippen molar-refractivity contribution in [3.63, 3.8) is 0 Å². The van der Waals surface area contributed by atoms with Gasteiger partial charge in [0.15, 0.2) is 0 Å². The van der Waals surface area contributed by atoms with E-state index in [1.54, 1.807) is 0 Å². The molecule has 12 heavy (non-hydrogen) atoms. The number of hydrogen-bond donors (Lipinski definition) is 0. The molecule has 1 rings (SSSR count). The van der Waals surface area contributed by atoms with Crippen molar-refractivity contribution in [3.05, 3.63) is 12.2 Å². The Balaban J connectivity index is 2.49. The Kier molecular flexibility index (Phi) is 2.98. The molecule has 1 saturated carbocycles. The zero-order valence-corrected chi connectivity index (χ0v) is 8.82. The molecule has 0 unspecified atom stereocenters. The van der Waals surface area contributed by atoms with Gasteiger partial charge in [0, 0.05) is 0 Å². The molecule has 0 aromatic rings. The van der Waals surface area contributed by atoms with Crippen LogP contribution in [-0.4, -0.2) is 0 Å². The maximum Gasteiger partial charge on any atom is -0.0320 e. The average Bonchev–Trinajstić information content (AvgIpc) is 2.05. The van der Waals surface area contributed by atoms with Crippen LogP contribution in [0.2, 0.25) is 0 Å². The van der Waals surface area contributed by atoms with Crippen molar-refractivity contribution in [2.75, 3.05) is 0 Å². The summed E-state index contributed by atoms with van der Waals surface area (Å²) in [6.45, 7) is 11.2. The molecule has 0 amide bonds. The summed E-state index contributed by atoms with van der Waals surface area (Å²) in [5, 5.41) is 0. The molecule has 1 aliphatic rings. The highest BCUT2D eigenvalue weighted by Crippen LogP contribution is 2.41. The van der Waals surface area contributed by atoms with Gasteiger partial charge in [-0.25, -0.2) is 0 Å². The van der Waals surface area contributed by atoms with E-state index in [4.69, 9.17) is 0 Å². The molecule has 0 bridgehead atoms. The van der Waals surface area contributed by atoms with Gasteiger partial charge in [-0.05, 0) is 37.0 Å². The van der Waals surface area contributed by atoms with Crippen LogP contribution in [0.1, 0.15) is 52.9 Å². The third-order valence-corrected chi connectivity index (χ3v) is 3.71. The Morgan fingerprint density at radius 2 is 1.83 bits per heavy atom. The lowest BCUT2D eigenvalue weighted by atomic mass is 9.69. The van der Waals surface area contributed by atoms with E-state index in [0.29, 0.717) is 5.41 Å². The normalized spacial score (nSPS) is 21.4. The summed E-state index contributed by atoms with van der Waals surface area (Å²) in [6, 6.07) is 0. The Morgan fingerprint density at radius 3 is 2.25 bits per heavy atom. The second-order valence-electron chi connectivity index (χ2n) is 4.87. The first-order chi connectivity index (χ1) is 5.56. The van der Waals surface area contributed by atoms with Gasteiger partial charge in [0.2, 0.25) is 0 Å². The Bertz CT molecular complexity index is 155. The Labute approximate surface area is 77.1 Å². The fourth-order valence-electron chi connectivity index (χ4n) is 2.10. The van der Waals surface area contributed by atoms with Crippen molar-refractivity contribution in [3.8, 4) is 0 Å². The summed E-state index contributed by atoms with van der Waals surface area (Å²) in [4.78, 5) is 0. The average molecular weight is 166 g/mol. The van der Waals surface area contributed by atoms with Gasteiger partial charge in [-0.1, -0.05) is 39.3 Å². The summed E-state index contributed by atoms with van der Waals surface area (Å²) >= 11 is 0. The first-order valence-electron chi connectivity index (χ1n) is 5.23. The van der Waals surface area contributed by atoms with E-state index in [2.05, 4.69) is 27.4 Å². The van der Waals surface area contributed by atoms with Crippen molar-refractivity contribution in [2.24, 2.45) is 11.3 Å². The maximum absolute atomic E-state index is 4.06. The number of rotatable bonds is 2. The van der Waals surface area contributed by atoms with Crippen LogP contribution in [0.25, 0.3) is 0 Å². The summed E-state index contributed by atoms with van der Waals surface area (Å²) in [7, 11) is 0. The van der Waals surface area contributed by atoms with Crippen molar-refractivity contribution >= 4 is 0 Å². The van der Waals surface area contributed by atoms with Crippen molar-refractivity contribution < 1.29 is 0 Å². The molecule has 0 aromatic carbocycles. The minimum absolute atomic E-state index is 0.556. The molecule has 0 heteroatoms. The predicted molar refractivity (Wildman–Crippen MR) is 55.2 cm³/mol. The number of hydrogen-bond acceptors (Lipinski definition) is 0. The zero-order valence-electron chi connectivity index (χ0n) is 8.82. The summed E-state index contributed by atoms with van der Waals surface area (Å²) < 4.78 is 0. The monoisotopic (exact) mass is 166 g/mol. The van der Waals surface area contributed by atoms with Crippen LogP contribution in [0, 0.1) is 11.3 Å². The lowest BCUT2D eigenvalue weighted by molar-refractivity contribution is 0.167. The largest absolute Gasteiger partial charge is 0.0999 e. The van der Waals surface area contributed by atoms with Gasteiger partial charge in [-0.2, -0.15) is 0 Å². The van der Waals surface area contributed by atoms with E-state index in [1.165, 1.54) is 37.7 Å². The molecule has 0 nitrogen and oxygen atoms in total. The molecule has 1 aliphatic carbocycles. The first kappa shape index (κ1) is 9.83. The molecular formula is C12H22. The highest BCUT2D eigenvalue weighted by atomic mass is 14.3. The highest BCUT2D eigenvalue weighted by Gasteiger charge is 2.29. The second-order valence-corrected chi connectivity index (χ2v) is 4.87. The van der Waals surface area contributed by atoms with Crippen LogP contribution >= 0.6 is 0 Å². The van der Waals surface area contributed by atoms with E-state index >= 15 is 0 Å². The van der Waals surface area contributed by atoms with Gasteiger partial charge in [-0.15, -0.1) is 0 Å². The minimum Gasteiger partial charge on any atom is -0.0999 e. The van der Waals surface area contributed by atoms with Gasteiger partial charge in [0.05, 0.1) is 0 Å².